The summed E-state index contributed by atoms with van der Waals surface area (Å²) in [5.41, 5.74) is 4.95. The molecule has 0 radical (unpaired) electrons. The summed E-state index contributed by atoms with van der Waals surface area (Å²) in [7, 11) is 0. The Balaban J connectivity index is 1.43. The zero-order chi connectivity index (χ0) is 19.9. The van der Waals surface area contributed by atoms with E-state index >= 15 is 0 Å². The van der Waals surface area contributed by atoms with Gasteiger partial charge in [0.1, 0.15) is 0 Å². The first-order chi connectivity index (χ1) is 14.0. The summed E-state index contributed by atoms with van der Waals surface area (Å²) in [5, 5.41) is 1.25. The minimum atomic E-state index is 0.0710. The van der Waals surface area contributed by atoms with Crippen molar-refractivity contribution in [2.45, 2.75) is 71.4 Å². The van der Waals surface area contributed by atoms with Crippen molar-refractivity contribution in [3.63, 3.8) is 0 Å². The maximum atomic E-state index is 13.5. The van der Waals surface area contributed by atoms with Crippen LogP contribution in [0.2, 0.25) is 0 Å². The number of amides is 1. The maximum Gasteiger partial charge on any atom is 0.250 e. The largest absolute Gasteiger partial charge is 0.361 e. The summed E-state index contributed by atoms with van der Waals surface area (Å²) >= 11 is 0. The molecule has 7 rings (SSSR count). The van der Waals surface area contributed by atoms with Crippen molar-refractivity contribution >= 4 is 16.8 Å². The Morgan fingerprint density at radius 3 is 2.31 bits per heavy atom. The molecule has 2 aromatic rings. The third-order valence-corrected chi connectivity index (χ3v) is 9.14. The monoisotopic (exact) mass is 388 g/mol. The smallest absolute Gasteiger partial charge is 0.250 e. The lowest BCUT2D eigenvalue weighted by atomic mass is 9.47. The van der Waals surface area contributed by atoms with E-state index in [0.29, 0.717) is 11.5 Å². The molecule has 1 N–H and O–H groups in total. The van der Waals surface area contributed by atoms with E-state index in [-0.39, 0.29) is 11.9 Å². The number of aromatic amines is 1. The highest BCUT2D eigenvalue weighted by Gasteiger charge is 2.56. The molecule has 0 unspecified atom stereocenters. The second kappa shape index (κ2) is 6.00. The van der Waals surface area contributed by atoms with E-state index in [2.05, 4.69) is 54.2 Å². The van der Waals surface area contributed by atoms with Crippen molar-refractivity contribution in [1.82, 2.24) is 9.88 Å². The van der Waals surface area contributed by atoms with Crippen LogP contribution in [0.5, 0.6) is 0 Å². The SMILES string of the molecule is CC1=C(C)[C@H](c2c[nH]c3ccccc23)N([C@H](C)C23CC4CC(CC(C4)C2)C3)C1=O. The first-order valence-electron chi connectivity index (χ1n) is 11.5. The standard InChI is InChI=1S/C26H32N2O/c1-15-16(2)25(29)28(24(15)22-14-27-23-7-5-4-6-21(22)23)17(3)26-11-18-8-19(12-26)10-20(9-18)13-26/h4-7,14,17-20,24,27H,8-13H2,1-3H3/t17-,18?,19?,20?,24-,26?/m1/s1. The van der Waals surface area contributed by atoms with Gasteiger partial charge in [0, 0.05) is 34.3 Å². The van der Waals surface area contributed by atoms with E-state index < -0.39 is 0 Å². The lowest BCUT2D eigenvalue weighted by Gasteiger charge is -2.60. The lowest BCUT2D eigenvalue weighted by molar-refractivity contribution is -0.142. The molecule has 1 aromatic heterocycles. The number of fused-ring (bicyclic) bond motifs is 1. The highest BCUT2D eigenvalue weighted by Crippen LogP contribution is 2.63. The molecule has 0 spiro atoms. The molecule has 4 saturated carbocycles. The number of nitrogens with zero attached hydrogens (tertiary/aromatic N) is 1. The van der Waals surface area contributed by atoms with Crippen LogP contribution in [-0.2, 0) is 4.79 Å². The van der Waals surface area contributed by atoms with Crippen LogP contribution in [0, 0.1) is 23.2 Å². The van der Waals surface area contributed by atoms with Crippen LogP contribution in [0.25, 0.3) is 10.9 Å². The molecule has 1 amide bonds. The first-order valence-corrected chi connectivity index (χ1v) is 11.5. The van der Waals surface area contributed by atoms with Crippen LogP contribution in [0.4, 0.5) is 0 Å². The van der Waals surface area contributed by atoms with Gasteiger partial charge in [-0.05, 0) is 94.1 Å². The molecule has 29 heavy (non-hydrogen) atoms. The average Bonchev–Trinajstić information content (AvgIpc) is 3.21. The van der Waals surface area contributed by atoms with Crippen LogP contribution in [-0.4, -0.2) is 21.8 Å². The Bertz CT molecular complexity index is 993. The van der Waals surface area contributed by atoms with Crippen molar-refractivity contribution in [2.75, 3.05) is 0 Å². The number of hydrogen-bond acceptors (Lipinski definition) is 1. The Morgan fingerprint density at radius 1 is 1.03 bits per heavy atom. The molecule has 2 atom stereocenters. The number of nitrogens with one attached hydrogen (secondary N) is 1. The topological polar surface area (TPSA) is 36.1 Å². The fraction of sp³-hybridized carbons (Fsp3) is 0.577. The minimum Gasteiger partial charge on any atom is -0.361 e. The Hall–Kier alpha value is -2.03. The number of carbonyl (C=O) groups is 1. The lowest BCUT2D eigenvalue weighted by Crippen LogP contribution is -2.56. The Kier molecular flexibility index (Phi) is 3.68. The van der Waals surface area contributed by atoms with Crippen LogP contribution in [0.3, 0.4) is 0 Å². The number of benzene rings is 1. The molecule has 1 aliphatic heterocycles. The fourth-order valence-corrected chi connectivity index (χ4v) is 7.98. The quantitative estimate of drug-likeness (QED) is 0.688. The summed E-state index contributed by atoms with van der Waals surface area (Å²) in [6.45, 7) is 6.58. The van der Waals surface area contributed by atoms with Crippen molar-refractivity contribution in [3.8, 4) is 0 Å². The van der Waals surface area contributed by atoms with E-state index in [1.807, 2.05) is 6.92 Å². The summed E-state index contributed by atoms with van der Waals surface area (Å²) < 4.78 is 0. The normalized spacial score (nSPS) is 37.2. The molecule has 4 bridgehead atoms. The van der Waals surface area contributed by atoms with Crippen molar-refractivity contribution in [2.24, 2.45) is 23.2 Å². The van der Waals surface area contributed by atoms with E-state index in [0.717, 1.165) is 28.8 Å². The number of hydrogen-bond donors (Lipinski definition) is 1. The molecule has 4 fully saturated rings. The predicted octanol–water partition coefficient (Wildman–Crippen LogP) is 5.99. The van der Waals surface area contributed by atoms with Gasteiger partial charge < -0.3 is 9.88 Å². The molecule has 0 saturated heterocycles. The van der Waals surface area contributed by atoms with Crippen LogP contribution >= 0.6 is 0 Å². The first kappa shape index (κ1) is 17.8. The third kappa shape index (κ3) is 2.39. The molecule has 3 nitrogen and oxygen atoms in total. The molecule has 3 heteroatoms. The number of rotatable bonds is 3. The van der Waals surface area contributed by atoms with Gasteiger partial charge in [-0.1, -0.05) is 18.2 Å². The molecule has 5 aliphatic rings. The minimum absolute atomic E-state index is 0.0710. The summed E-state index contributed by atoms with van der Waals surface area (Å²) in [6, 6.07) is 8.88. The zero-order valence-corrected chi connectivity index (χ0v) is 17.9. The van der Waals surface area contributed by atoms with Crippen molar-refractivity contribution in [1.29, 1.82) is 0 Å². The van der Waals surface area contributed by atoms with Gasteiger partial charge in [-0.3, -0.25) is 4.79 Å². The Morgan fingerprint density at radius 2 is 1.66 bits per heavy atom. The average molecular weight is 389 g/mol. The predicted molar refractivity (Wildman–Crippen MR) is 116 cm³/mol. The second-order valence-corrected chi connectivity index (χ2v) is 10.7. The number of aromatic nitrogens is 1. The van der Waals surface area contributed by atoms with Gasteiger partial charge in [0.2, 0.25) is 0 Å². The van der Waals surface area contributed by atoms with Gasteiger partial charge >= 0.3 is 0 Å². The van der Waals surface area contributed by atoms with E-state index in [9.17, 15) is 4.79 Å². The van der Waals surface area contributed by atoms with Gasteiger partial charge in [-0.15, -0.1) is 0 Å². The van der Waals surface area contributed by atoms with E-state index in [4.69, 9.17) is 0 Å². The molecular formula is C26H32N2O. The molecule has 1 aromatic carbocycles. The fourth-order valence-electron chi connectivity index (χ4n) is 7.98. The van der Waals surface area contributed by atoms with E-state index in [1.165, 1.54) is 55.0 Å². The second-order valence-electron chi connectivity index (χ2n) is 10.7. The molecule has 152 valence electrons. The zero-order valence-electron chi connectivity index (χ0n) is 17.9. The van der Waals surface area contributed by atoms with Gasteiger partial charge in [-0.2, -0.15) is 0 Å². The van der Waals surface area contributed by atoms with Gasteiger partial charge in [0.05, 0.1) is 6.04 Å². The third-order valence-electron chi connectivity index (χ3n) is 9.14. The van der Waals surface area contributed by atoms with Crippen molar-refractivity contribution in [3.05, 3.63) is 47.2 Å². The summed E-state index contributed by atoms with van der Waals surface area (Å²) in [4.78, 5) is 19.3. The Labute approximate surface area is 173 Å². The molecule has 4 aliphatic carbocycles. The van der Waals surface area contributed by atoms with Gasteiger partial charge in [0.15, 0.2) is 0 Å². The summed E-state index contributed by atoms with van der Waals surface area (Å²) in [5.74, 6) is 2.98. The maximum absolute atomic E-state index is 13.5. The number of H-pyrrole nitrogens is 1. The molecule has 2 heterocycles. The highest BCUT2D eigenvalue weighted by atomic mass is 16.2. The van der Waals surface area contributed by atoms with E-state index in [1.54, 1.807) is 0 Å². The van der Waals surface area contributed by atoms with Crippen molar-refractivity contribution < 1.29 is 4.79 Å². The highest BCUT2D eigenvalue weighted by molar-refractivity contribution is 5.98. The summed E-state index contributed by atoms with van der Waals surface area (Å²) in [6.07, 6.45) is 10.5. The van der Waals surface area contributed by atoms with Gasteiger partial charge in [-0.25, -0.2) is 0 Å². The van der Waals surface area contributed by atoms with Crippen LogP contribution in [0.15, 0.2) is 41.6 Å². The van der Waals surface area contributed by atoms with Crippen LogP contribution in [0.1, 0.15) is 70.9 Å². The number of carbonyl (C=O) groups excluding carboxylic acids is 1. The van der Waals surface area contributed by atoms with Crippen LogP contribution < -0.4 is 0 Å². The van der Waals surface area contributed by atoms with Gasteiger partial charge in [0.25, 0.3) is 5.91 Å². The molecular weight excluding hydrogens is 356 g/mol. The number of para-hydroxylation sites is 1.